The second-order valence-corrected chi connectivity index (χ2v) is 4.28. The summed E-state index contributed by atoms with van der Waals surface area (Å²) in [5, 5.41) is 8.85. The first-order valence-electron chi connectivity index (χ1n) is 6.28. The van der Waals surface area contributed by atoms with E-state index in [2.05, 4.69) is 37.8 Å². The predicted molar refractivity (Wildman–Crippen MR) is 71.6 cm³/mol. The Kier molecular flexibility index (Phi) is 9.25. The summed E-state index contributed by atoms with van der Waals surface area (Å²) in [5.74, 6) is 0. The lowest BCUT2D eigenvalue weighted by atomic mass is 10.1. The lowest BCUT2D eigenvalue weighted by Crippen LogP contribution is -2.22. The minimum Gasteiger partial charge on any atom is -0.392 e. The third kappa shape index (κ3) is 7.66. The Morgan fingerprint density at radius 2 is 1.69 bits per heavy atom. The highest BCUT2D eigenvalue weighted by Gasteiger charge is 1.96. The maximum atomic E-state index is 8.85. The summed E-state index contributed by atoms with van der Waals surface area (Å²) in [7, 11) is 0. The SMILES string of the molecule is CCN(CC)C/C=C(\C)CCC=C(C)CO. The van der Waals surface area contributed by atoms with Crippen molar-refractivity contribution in [2.24, 2.45) is 0 Å². The van der Waals surface area contributed by atoms with Crippen molar-refractivity contribution in [3.05, 3.63) is 23.3 Å². The monoisotopic (exact) mass is 225 g/mol. The molecule has 0 aromatic rings. The molecule has 0 radical (unpaired) electrons. The van der Waals surface area contributed by atoms with Crippen molar-refractivity contribution in [1.29, 1.82) is 0 Å². The van der Waals surface area contributed by atoms with Crippen LogP contribution in [0.25, 0.3) is 0 Å². The van der Waals surface area contributed by atoms with Gasteiger partial charge < -0.3 is 10.0 Å². The Labute approximate surface area is 101 Å². The summed E-state index contributed by atoms with van der Waals surface area (Å²) in [4.78, 5) is 2.40. The first-order valence-corrected chi connectivity index (χ1v) is 6.28. The Hall–Kier alpha value is -0.600. The predicted octanol–water partition coefficient (Wildman–Crippen LogP) is 2.99. The van der Waals surface area contributed by atoms with E-state index in [1.165, 1.54) is 5.57 Å². The highest BCUT2D eigenvalue weighted by Crippen LogP contribution is 2.06. The van der Waals surface area contributed by atoms with Gasteiger partial charge in [-0.2, -0.15) is 0 Å². The van der Waals surface area contributed by atoms with E-state index in [9.17, 15) is 0 Å². The molecule has 0 aromatic heterocycles. The summed E-state index contributed by atoms with van der Waals surface area (Å²) in [6.45, 7) is 12.0. The van der Waals surface area contributed by atoms with Gasteiger partial charge in [-0.3, -0.25) is 0 Å². The van der Waals surface area contributed by atoms with Crippen LogP contribution in [0.1, 0.15) is 40.5 Å². The molecular formula is C14H27NO. The van der Waals surface area contributed by atoms with E-state index in [0.717, 1.165) is 38.0 Å². The van der Waals surface area contributed by atoms with Crippen LogP contribution >= 0.6 is 0 Å². The van der Waals surface area contributed by atoms with Gasteiger partial charge in [-0.05, 0) is 39.8 Å². The van der Waals surface area contributed by atoms with Gasteiger partial charge >= 0.3 is 0 Å². The molecule has 94 valence electrons. The van der Waals surface area contributed by atoms with Crippen LogP contribution in [0.4, 0.5) is 0 Å². The molecule has 0 amide bonds. The number of aliphatic hydroxyl groups excluding tert-OH is 1. The number of nitrogens with zero attached hydrogens (tertiary/aromatic N) is 1. The van der Waals surface area contributed by atoms with Gasteiger partial charge in [-0.15, -0.1) is 0 Å². The van der Waals surface area contributed by atoms with E-state index in [-0.39, 0.29) is 6.61 Å². The van der Waals surface area contributed by atoms with Crippen molar-refractivity contribution in [3.8, 4) is 0 Å². The number of hydrogen-bond donors (Lipinski definition) is 1. The fourth-order valence-corrected chi connectivity index (χ4v) is 1.48. The maximum Gasteiger partial charge on any atom is 0.0639 e. The third-order valence-corrected chi connectivity index (χ3v) is 2.87. The van der Waals surface area contributed by atoms with E-state index in [1.807, 2.05) is 6.92 Å². The molecule has 0 aliphatic rings. The average Bonchev–Trinajstić information content (AvgIpc) is 2.30. The molecule has 0 heterocycles. The lowest BCUT2D eigenvalue weighted by molar-refractivity contribution is 0.331. The molecule has 0 spiro atoms. The van der Waals surface area contributed by atoms with Gasteiger partial charge in [0.1, 0.15) is 0 Å². The third-order valence-electron chi connectivity index (χ3n) is 2.87. The minimum absolute atomic E-state index is 0.183. The van der Waals surface area contributed by atoms with Crippen LogP contribution in [0, 0.1) is 0 Å². The molecule has 0 aliphatic carbocycles. The van der Waals surface area contributed by atoms with Crippen molar-refractivity contribution < 1.29 is 5.11 Å². The van der Waals surface area contributed by atoms with E-state index in [1.54, 1.807) is 0 Å². The minimum atomic E-state index is 0.183. The zero-order valence-electron chi connectivity index (χ0n) is 11.3. The van der Waals surface area contributed by atoms with Crippen molar-refractivity contribution in [1.82, 2.24) is 4.90 Å². The summed E-state index contributed by atoms with van der Waals surface area (Å²) in [6.07, 6.45) is 6.56. The second-order valence-electron chi connectivity index (χ2n) is 4.28. The summed E-state index contributed by atoms with van der Waals surface area (Å²) < 4.78 is 0. The van der Waals surface area contributed by atoms with Gasteiger partial charge in [0.25, 0.3) is 0 Å². The molecule has 0 atom stereocenters. The van der Waals surface area contributed by atoms with Crippen LogP contribution in [0.3, 0.4) is 0 Å². The van der Waals surface area contributed by atoms with Gasteiger partial charge in [0.05, 0.1) is 6.61 Å². The molecule has 2 heteroatoms. The molecule has 0 fully saturated rings. The molecule has 16 heavy (non-hydrogen) atoms. The largest absolute Gasteiger partial charge is 0.392 e. The van der Waals surface area contributed by atoms with E-state index in [4.69, 9.17) is 5.11 Å². The number of aliphatic hydroxyl groups is 1. The zero-order chi connectivity index (χ0) is 12.4. The average molecular weight is 225 g/mol. The highest BCUT2D eigenvalue weighted by molar-refractivity contribution is 5.04. The van der Waals surface area contributed by atoms with E-state index in [0.29, 0.717) is 0 Å². The summed E-state index contributed by atoms with van der Waals surface area (Å²) in [6, 6.07) is 0. The molecular weight excluding hydrogens is 198 g/mol. The Bertz CT molecular complexity index is 227. The van der Waals surface area contributed by atoms with Crippen LogP contribution in [-0.2, 0) is 0 Å². The fraction of sp³-hybridized carbons (Fsp3) is 0.714. The van der Waals surface area contributed by atoms with Crippen LogP contribution in [0.2, 0.25) is 0 Å². The molecule has 0 rings (SSSR count). The molecule has 0 bridgehead atoms. The van der Waals surface area contributed by atoms with Crippen LogP contribution in [0.5, 0.6) is 0 Å². The van der Waals surface area contributed by atoms with Crippen LogP contribution < -0.4 is 0 Å². The normalized spacial score (nSPS) is 13.6. The first kappa shape index (κ1) is 15.4. The Balaban J connectivity index is 3.87. The van der Waals surface area contributed by atoms with Gasteiger partial charge in [0, 0.05) is 6.54 Å². The Morgan fingerprint density at radius 1 is 1.06 bits per heavy atom. The first-order chi connectivity index (χ1) is 7.63. The number of rotatable bonds is 8. The van der Waals surface area contributed by atoms with Crippen LogP contribution in [0.15, 0.2) is 23.3 Å². The molecule has 1 N–H and O–H groups in total. The molecule has 0 aromatic carbocycles. The second kappa shape index (κ2) is 9.61. The number of likely N-dealkylation sites (N-methyl/N-ethyl adjacent to an activating group) is 1. The molecule has 0 saturated carbocycles. The van der Waals surface area contributed by atoms with Gasteiger partial charge in [-0.25, -0.2) is 0 Å². The smallest absolute Gasteiger partial charge is 0.0639 e. The zero-order valence-corrected chi connectivity index (χ0v) is 11.3. The molecule has 0 unspecified atom stereocenters. The number of hydrogen-bond acceptors (Lipinski definition) is 2. The molecule has 0 aliphatic heterocycles. The van der Waals surface area contributed by atoms with Gasteiger partial charge in [0.15, 0.2) is 0 Å². The fourth-order valence-electron chi connectivity index (χ4n) is 1.48. The molecule has 2 nitrogen and oxygen atoms in total. The van der Waals surface area contributed by atoms with Gasteiger partial charge in [0.2, 0.25) is 0 Å². The standard InChI is InChI=1S/C14H27NO/c1-5-15(6-2)11-10-13(3)8-7-9-14(4)12-16/h9-10,16H,5-8,11-12H2,1-4H3/b13-10+,14-9?. The maximum absolute atomic E-state index is 8.85. The van der Waals surface area contributed by atoms with Crippen LogP contribution in [-0.4, -0.2) is 36.2 Å². The Morgan fingerprint density at radius 3 is 2.19 bits per heavy atom. The van der Waals surface area contributed by atoms with E-state index >= 15 is 0 Å². The highest BCUT2D eigenvalue weighted by atomic mass is 16.3. The quantitative estimate of drug-likeness (QED) is 0.642. The van der Waals surface area contributed by atoms with Crippen molar-refractivity contribution in [2.45, 2.75) is 40.5 Å². The van der Waals surface area contributed by atoms with Crippen molar-refractivity contribution in [3.63, 3.8) is 0 Å². The lowest BCUT2D eigenvalue weighted by Gasteiger charge is -2.15. The van der Waals surface area contributed by atoms with Crippen molar-refractivity contribution >= 4 is 0 Å². The topological polar surface area (TPSA) is 23.5 Å². The summed E-state index contributed by atoms with van der Waals surface area (Å²) >= 11 is 0. The summed E-state index contributed by atoms with van der Waals surface area (Å²) in [5.41, 5.74) is 2.51. The van der Waals surface area contributed by atoms with Crippen molar-refractivity contribution in [2.75, 3.05) is 26.2 Å². The molecule has 0 saturated heterocycles. The van der Waals surface area contributed by atoms with Gasteiger partial charge in [-0.1, -0.05) is 37.1 Å². The van der Waals surface area contributed by atoms with E-state index < -0.39 is 0 Å². The number of allylic oxidation sites excluding steroid dienone is 2.